The second-order valence-electron chi connectivity index (χ2n) is 5.47. The van der Waals surface area contributed by atoms with E-state index in [0.717, 1.165) is 38.0 Å². The van der Waals surface area contributed by atoms with Gasteiger partial charge in [-0.15, -0.1) is 0 Å². The second-order valence-corrected chi connectivity index (χ2v) is 5.86. The van der Waals surface area contributed by atoms with Gasteiger partial charge in [0.1, 0.15) is 5.15 Å². The highest BCUT2D eigenvalue weighted by molar-refractivity contribution is 6.29. The van der Waals surface area contributed by atoms with E-state index in [1.807, 2.05) is 24.9 Å². The summed E-state index contributed by atoms with van der Waals surface area (Å²) in [6, 6.07) is 3.82. The van der Waals surface area contributed by atoms with Crippen molar-refractivity contribution in [1.29, 1.82) is 0 Å². The molecular formula is C15H22ClN3O. The predicted octanol–water partition coefficient (Wildman–Crippen LogP) is 2.46. The lowest BCUT2D eigenvalue weighted by Crippen LogP contribution is -2.44. The third-order valence-electron chi connectivity index (χ3n) is 4.01. The van der Waals surface area contributed by atoms with Gasteiger partial charge >= 0.3 is 0 Å². The number of likely N-dealkylation sites (tertiary alicyclic amines) is 1. The van der Waals surface area contributed by atoms with Crippen molar-refractivity contribution in [3.8, 4) is 0 Å². The molecule has 2 rings (SSSR count). The third-order valence-corrected chi connectivity index (χ3v) is 4.21. The van der Waals surface area contributed by atoms with Crippen LogP contribution in [0.15, 0.2) is 12.1 Å². The van der Waals surface area contributed by atoms with Crippen LogP contribution in [0.4, 0.5) is 0 Å². The summed E-state index contributed by atoms with van der Waals surface area (Å²) in [4.78, 5) is 20.9. The maximum atomic E-state index is 12.6. The van der Waals surface area contributed by atoms with E-state index in [1.165, 1.54) is 0 Å². The monoisotopic (exact) mass is 295 g/mol. The second kappa shape index (κ2) is 6.55. The lowest BCUT2D eigenvalue weighted by atomic mass is 10.0. The summed E-state index contributed by atoms with van der Waals surface area (Å²) in [5.74, 6) is 0.0403. The van der Waals surface area contributed by atoms with E-state index in [1.54, 1.807) is 6.07 Å². The summed E-state index contributed by atoms with van der Waals surface area (Å²) in [7, 11) is 4.01. The van der Waals surface area contributed by atoms with E-state index in [0.29, 0.717) is 16.8 Å². The van der Waals surface area contributed by atoms with Crippen LogP contribution in [0, 0.1) is 0 Å². The average molecular weight is 296 g/mol. The number of amides is 1. The molecule has 0 bridgehead atoms. The Morgan fingerprint density at radius 2 is 2.10 bits per heavy atom. The Balaban J connectivity index is 2.12. The van der Waals surface area contributed by atoms with Gasteiger partial charge in [0.05, 0.1) is 0 Å². The molecule has 0 spiro atoms. The zero-order valence-corrected chi connectivity index (χ0v) is 13.2. The van der Waals surface area contributed by atoms with Gasteiger partial charge in [-0.1, -0.05) is 18.5 Å². The van der Waals surface area contributed by atoms with Gasteiger partial charge in [-0.05, 0) is 51.5 Å². The molecule has 110 valence electrons. The van der Waals surface area contributed by atoms with Gasteiger partial charge in [0.2, 0.25) is 0 Å². The fraction of sp³-hybridized carbons (Fsp3) is 0.600. The van der Waals surface area contributed by atoms with Crippen molar-refractivity contribution in [3.05, 3.63) is 28.5 Å². The molecule has 2 heterocycles. The van der Waals surface area contributed by atoms with Crippen molar-refractivity contribution in [2.45, 2.75) is 32.2 Å². The van der Waals surface area contributed by atoms with Crippen molar-refractivity contribution in [1.82, 2.24) is 14.8 Å². The summed E-state index contributed by atoms with van der Waals surface area (Å²) in [6.07, 6.45) is 2.83. The molecule has 0 saturated carbocycles. The number of rotatable bonds is 3. The molecule has 1 fully saturated rings. The number of carbonyl (C=O) groups excluding carboxylic acids is 1. The van der Waals surface area contributed by atoms with Crippen LogP contribution in [0.2, 0.25) is 5.15 Å². The normalized spacial score (nSPS) is 17.2. The number of nitrogens with zero attached hydrogens (tertiary/aromatic N) is 3. The summed E-state index contributed by atoms with van der Waals surface area (Å²) in [5.41, 5.74) is 1.50. The van der Waals surface area contributed by atoms with E-state index in [2.05, 4.69) is 16.9 Å². The Hall–Kier alpha value is -1.13. The van der Waals surface area contributed by atoms with Crippen LogP contribution in [0.1, 0.15) is 35.8 Å². The summed E-state index contributed by atoms with van der Waals surface area (Å²) < 4.78 is 0. The number of aromatic nitrogens is 1. The van der Waals surface area contributed by atoms with Crippen molar-refractivity contribution < 1.29 is 4.79 Å². The quantitative estimate of drug-likeness (QED) is 0.804. The van der Waals surface area contributed by atoms with Gasteiger partial charge in [0.15, 0.2) is 0 Å². The molecule has 4 nitrogen and oxygen atoms in total. The topological polar surface area (TPSA) is 36.4 Å². The minimum Gasteiger partial charge on any atom is -0.339 e. The number of pyridine rings is 1. The molecule has 1 saturated heterocycles. The number of piperidine rings is 1. The minimum absolute atomic E-state index is 0.0403. The Bertz CT molecular complexity index is 484. The molecule has 0 N–H and O–H groups in total. The third kappa shape index (κ3) is 3.49. The van der Waals surface area contributed by atoms with E-state index < -0.39 is 0 Å². The fourth-order valence-electron chi connectivity index (χ4n) is 2.61. The first-order chi connectivity index (χ1) is 9.51. The highest BCUT2D eigenvalue weighted by Gasteiger charge is 2.25. The SMILES string of the molecule is CCc1cc(C(=O)N(C)C2CCN(C)CC2)cc(Cl)n1. The molecule has 1 aliphatic heterocycles. The number of hydrogen-bond acceptors (Lipinski definition) is 3. The van der Waals surface area contributed by atoms with Gasteiger partial charge in [-0.25, -0.2) is 4.98 Å². The van der Waals surface area contributed by atoms with Gasteiger partial charge in [-0.3, -0.25) is 4.79 Å². The van der Waals surface area contributed by atoms with E-state index in [4.69, 9.17) is 11.6 Å². The Labute approximate surface area is 125 Å². The van der Waals surface area contributed by atoms with Crippen LogP contribution in [0.5, 0.6) is 0 Å². The molecule has 0 radical (unpaired) electrons. The molecule has 1 amide bonds. The maximum absolute atomic E-state index is 12.6. The van der Waals surface area contributed by atoms with Crippen molar-refractivity contribution in [3.63, 3.8) is 0 Å². The smallest absolute Gasteiger partial charge is 0.254 e. The largest absolute Gasteiger partial charge is 0.339 e. The summed E-state index contributed by atoms with van der Waals surface area (Å²) in [6.45, 7) is 4.09. The van der Waals surface area contributed by atoms with Gasteiger partial charge in [0.25, 0.3) is 5.91 Å². The molecule has 5 heteroatoms. The minimum atomic E-state index is 0.0403. The average Bonchev–Trinajstić information content (AvgIpc) is 2.45. The maximum Gasteiger partial charge on any atom is 0.254 e. The van der Waals surface area contributed by atoms with Gasteiger partial charge in [-0.2, -0.15) is 0 Å². The van der Waals surface area contributed by atoms with Gasteiger partial charge in [0, 0.05) is 24.3 Å². The standard InChI is InChI=1S/C15H22ClN3O/c1-4-12-9-11(10-14(16)17-12)15(20)19(3)13-5-7-18(2)8-6-13/h9-10,13H,4-8H2,1-3H3. The molecule has 1 aromatic heterocycles. The van der Waals surface area contributed by atoms with Crippen LogP contribution in [0.25, 0.3) is 0 Å². The lowest BCUT2D eigenvalue weighted by molar-refractivity contribution is 0.0659. The van der Waals surface area contributed by atoms with Crippen molar-refractivity contribution in [2.24, 2.45) is 0 Å². The Morgan fingerprint density at radius 3 is 2.70 bits per heavy atom. The zero-order chi connectivity index (χ0) is 14.7. The Morgan fingerprint density at radius 1 is 1.45 bits per heavy atom. The van der Waals surface area contributed by atoms with Gasteiger partial charge < -0.3 is 9.80 Å². The van der Waals surface area contributed by atoms with Crippen LogP contribution in [-0.2, 0) is 6.42 Å². The van der Waals surface area contributed by atoms with E-state index in [-0.39, 0.29) is 5.91 Å². The van der Waals surface area contributed by atoms with Crippen LogP contribution >= 0.6 is 11.6 Å². The highest BCUT2D eigenvalue weighted by Crippen LogP contribution is 2.18. The van der Waals surface area contributed by atoms with Crippen molar-refractivity contribution in [2.75, 3.05) is 27.2 Å². The fourth-order valence-corrected chi connectivity index (χ4v) is 2.83. The molecule has 1 aromatic rings. The summed E-state index contributed by atoms with van der Waals surface area (Å²) >= 11 is 5.99. The molecule has 0 aliphatic carbocycles. The summed E-state index contributed by atoms with van der Waals surface area (Å²) in [5, 5.41) is 0.393. The molecule has 0 aromatic carbocycles. The number of aryl methyl sites for hydroxylation is 1. The first-order valence-electron chi connectivity index (χ1n) is 7.13. The van der Waals surface area contributed by atoms with Crippen LogP contribution in [0.3, 0.4) is 0 Å². The molecule has 20 heavy (non-hydrogen) atoms. The lowest BCUT2D eigenvalue weighted by Gasteiger charge is -2.35. The zero-order valence-electron chi connectivity index (χ0n) is 12.4. The van der Waals surface area contributed by atoms with E-state index in [9.17, 15) is 4.79 Å². The molecular weight excluding hydrogens is 274 g/mol. The Kier molecular flexibility index (Phi) is 5.00. The first-order valence-corrected chi connectivity index (χ1v) is 7.51. The molecule has 0 atom stereocenters. The highest BCUT2D eigenvalue weighted by atomic mass is 35.5. The number of hydrogen-bond donors (Lipinski definition) is 0. The van der Waals surface area contributed by atoms with Crippen molar-refractivity contribution >= 4 is 17.5 Å². The predicted molar refractivity (Wildman–Crippen MR) is 81.2 cm³/mol. The molecule has 1 aliphatic rings. The van der Waals surface area contributed by atoms with E-state index >= 15 is 0 Å². The van der Waals surface area contributed by atoms with Crippen LogP contribution in [-0.4, -0.2) is 53.9 Å². The first kappa shape index (κ1) is 15.3. The number of halogens is 1. The van der Waals surface area contributed by atoms with Crippen LogP contribution < -0.4 is 0 Å². The molecule has 0 unspecified atom stereocenters. The number of carbonyl (C=O) groups is 1.